The second-order valence-electron chi connectivity index (χ2n) is 7.10. The van der Waals surface area contributed by atoms with Crippen LogP contribution in [0.3, 0.4) is 0 Å². The zero-order valence-electron chi connectivity index (χ0n) is 16.9. The minimum absolute atomic E-state index is 0.428. The average Bonchev–Trinajstić information content (AvgIpc) is 3.17. The van der Waals surface area contributed by atoms with Gasteiger partial charge < -0.3 is 4.74 Å². The van der Waals surface area contributed by atoms with Crippen LogP contribution < -0.4 is 4.74 Å². The van der Waals surface area contributed by atoms with Gasteiger partial charge in [0.05, 0.1) is 12.8 Å². The number of H-pyrrole nitrogens is 1. The van der Waals surface area contributed by atoms with Gasteiger partial charge in [0.1, 0.15) is 5.75 Å². The van der Waals surface area contributed by atoms with Crippen molar-refractivity contribution < 1.29 is 4.74 Å². The molecule has 5 rings (SSSR count). The molecule has 5 aromatic rings. The topological polar surface area (TPSA) is 55.2 Å². The molecule has 6 heteroatoms. The number of aromatic amines is 1. The summed E-state index contributed by atoms with van der Waals surface area (Å²) in [5, 5.41) is 16.6. The Balaban J connectivity index is 1.66. The lowest BCUT2D eigenvalue weighted by molar-refractivity contribution is 0.340. The summed E-state index contributed by atoms with van der Waals surface area (Å²) < 4.78 is 7.71. The van der Waals surface area contributed by atoms with Crippen LogP contribution in [0.4, 0.5) is 0 Å². The molecule has 0 saturated heterocycles. The molecular formula is C25H20N4OS. The molecule has 4 aromatic carbocycles. The molecule has 1 heterocycles. The van der Waals surface area contributed by atoms with E-state index in [1.165, 1.54) is 10.8 Å². The molecule has 0 spiro atoms. The summed E-state index contributed by atoms with van der Waals surface area (Å²) in [6.45, 7) is 2.56. The second-order valence-corrected chi connectivity index (χ2v) is 7.49. The van der Waals surface area contributed by atoms with Gasteiger partial charge in [0.15, 0.2) is 5.82 Å². The third-order valence-electron chi connectivity index (χ3n) is 5.17. The van der Waals surface area contributed by atoms with E-state index in [9.17, 15) is 0 Å². The fourth-order valence-corrected chi connectivity index (χ4v) is 3.96. The highest BCUT2D eigenvalue weighted by molar-refractivity contribution is 7.71. The standard InChI is InChI=1S/C25H20N4OS/c1-2-30-20-11-7-10-19(15-20)24-27-28-25(31)29(24)26-16-23-21-12-5-3-8-17(21)14-18-9-4-6-13-22(18)23/h3-16H,2H2,1H3,(H,28,31). The molecule has 0 aliphatic carbocycles. The van der Waals surface area contributed by atoms with Crippen molar-refractivity contribution in [3.05, 3.63) is 89.2 Å². The first kappa shape index (κ1) is 19.2. The van der Waals surface area contributed by atoms with E-state index in [2.05, 4.69) is 40.5 Å². The van der Waals surface area contributed by atoms with Gasteiger partial charge in [-0.3, -0.25) is 0 Å². The number of fused-ring (bicyclic) bond motifs is 2. The molecule has 0 radical (unpaired) electrons. The van der Waals surface area contributed by atoms with Crippen LogP contribution in [-0.4, -0.2) is 27.7 Å². The van der Waals surface area contributed by atoms with Crippen molar-refractivity contribution in [2.75, 3.05) is 6.61 Å². The Kier molecular flexibility index (Phi) is 5.06. The van der Waals surface area contributed by atoms with Gasteiger partial charge in [-0.05, 0) is 58.9 Å². The number of ether oxygens (including phenoxy) is 1. The SMILES string of the molecule is CCOc1cccc(-c2n[nH]c(=S)n2N=Cc2c3ccccc3cc3ccccc23)c1. The van der Waals surface area contributed by atoms with Gasteiger partial charge in [0, 0.05) is 11.1 Å². The monoisotopic (exact) mass is 424 g/mol. The van der Waals surface area contributed by atoms with E-state index in [0.717, 1.165) is 27.6 Å². The van der Waals surface area contributed by atoms with Crippen LogP contribution in [0.2, 0.25) is 0 Å². The molecule has 152 valence electrons. The van der Waals surface area contributed by atoms with E-state index in [4.69, 9.17) is 22.1 Å². The van der Waals surface area contributed by atoms with E-state index in [0.29, 0.717) is 17.2 Å². The van der Waals surface area contributed by atoms with Gasteiger partial charge in [-0.2, -0.15) is 14.9 Å². The van der Waals surface area contributed by atoms with Crippen LogP contribution in [-0.2, 0) is 0 Å². The Hall–Kier alpha value is -3.77. The lowest BCUT2D eigenvalue weighted by atomic mass is 9.97. The van der Waals surface area contributed by atoms with E-state index < -0.39 is 0 Å². The molecule has 0 aliphatic heterocycles. The normalized spacial score (nSPS) is 11.5. The van der Waals surface area contributed by atoms with E-state index >= 15 is 0 Å². The summed E-state index contributed by atoms with van der Waals surface area (Å²) in [6, 6.07) is 26.6. The number of hydrogen-bond acceptors (Lipinski definition) is 4. The molecule has 1 aromatic heterocycles. The van der Waals surface area contributed by atoms with Crippen molar-refractivity contribution in [1.29, 1.82) is 0 Å². The van der Waals surface area contributed by atoms with Gasteiger partial charge in [-0.15, -0.1) is 0 Å². The van der Waals surface area contributed by atoms with Crippen molar-refractivity contribution in [2.24, 2.45) is 5.10 Å². The highest BCUT2D eigenvalue weighted by atomic mass is 32.1. The molecule has 0 fully saturated rings. The fraction of sp³-hybridized carbons (Fsp3) is 0.0800. The molecule has 5 nitrogen and oxygen atoms in total. The highest BCUT2D eigenvalue weighted by Gasteiger charge is 2.10. The molecule has 0 amide bonds. The molecule has 0 bridgehead atoms. The quantitative estimate of drug-likeness (QED) is 0.208. The van der Waals surface area contributed by atoms with Crippen LogP contribution in [0.25, 0.3) is 32.9 Å². The third kappa shape index (κ3) is 3.62. The Morgan fingerprint density at radius 1 is 0.968 bits per heavy atom. The van der Waals surface area contributed by atoms with Crippen LogP contribution in [0.15, 0.2) is 84.0 Å². The summed E-state index contributed by atoms with van der Waals surface area (Å²) >= 11 is 5.46. The van der Waals surface area contributed by atoms with E-state index in [-0.39, 0.29) is 0 Å². The van der Waals surface area contributed by atoms with Crippen LogP contribution in [0.5, 0.6) is 5.75 Å². The first-order valence-electron chi connectivity index (χ1n) is 10.1. The number of rotatable bonds is 5. The van der Waals surface area contributed by atoms with Crippen LogP contribution >= 0.6 is 12.2 Å². The van der Waals surface area contributed by atoms with E-state index in [1.54, 1.807) is 4.68 Å². The molecule has 1 N–H and O–H groups in total. The number of benzene rings is 4. The lowest BCUT2D eigenvalue weighted by Crippen LogP contribution is -1.97. The number of nitrogens with one attached hydrogen (secondary N) is 1. The Morgan fingerprint density at radius 2 is 1.68 bits per heavy atom. The van der Waals surface area contributed by atoms with Crippen LogP contribution in [0.1, 0.15) is 12.5 Å². The van der Waals surface area contributed by atoms with Gasteiger partial charge in [0.2, 0.25) is 4.77 Å². The molecule has 0 atom stereocenters. The fourth-order valence-electron chi connectivity index (χ4n) is 3.78. The second kappa shape index (κ2) is 8.16. The molecule has 31 heavy (non-hydrogen) atoms. The van der Waals surface area contributed by atoms with Crippen molar-refractivity contribution in [1.82, 2.24) is 14.9 Å². The lowest BCUT2D eigenvalue weighted by Gasteiger charge is -2.08. The van der Waals surface area contributed by atoms with Gasteiger partial charge in [-0.25, -0.2) is 5.10 Å². The largest absolute Gasteiger partial charge is 0.494 e. The summed E-state index contributed by atoms with van der Waals surface area (Å²) in [5.74, 6) is 1.41. The predicted molar refractivity (Wildman–Crippen MR) is 128 cm³/mol. The molecular weight excluding hydrogens is 404 g/mol. The highest BCUT2D eigenvalue weighted by Crippen LogP contribution is 2.28. The first-order chi connectivity index (χ1) is 15.2. The van der Waals surface area contributed by atoms with Crippen molar-refractivity contribution >= 4 is 40.0 Å². The number of nitrogens with zero attached hydrogens (tertiary/aromatic N) is 3. The Morgan fingerprint density at radius 3 is 2.39 bits per heavy atom. The molecule has 0 unspecified atom stereocenters. The maximum absolute atomic E-state index is 5.63. The summed E-state index contributed by atoms with van der Waals surface area (Å²) in [4.78, 5) is 0. The minimum Gasteiger partial charge on any atom is -0.494 e. The zero-order chi connectivity index (χ0) is 21.2. The Labute approximate surface area is 184 Å². The predicted octanol–water partition coefficient (Wildman–Crippen LogP) is 6.19. The first-order valence-corrected chi connectivity index (χ1v) is 10.5. The zero-order valence-corrected chi connectivity index (χ0v) is 17.8. The molecule has 0 aliphatic rings. The molecule has 0 saturated carbocycles. The van der Waals surface area contributed by atoms with Gasteiger partial charge >= 0.3 is 0 Å². The smallest absolute Gasteiger partial charge is 0.216 e. The number of hydrogen-bond donors (Lipinski definition) is 1. The average molecular weight is 425 g/mol. The Bertz CT molecular complexity index is 1430. The van der Waals surface area contributed by atoms with Gasteiger partial charge in [-0.1, -0.05) is 60.7 Å². The maximum atomic E-state index is 5.63. The summed E-state index contributed by atoms with van der Waals surface area (Å²) in [5.41, 5.74) is 1.92. The van der Waals surface area contributed by atoms with Crippen molar-refractivity contribution in [3.8, 4) is 17.1 Å². The van der Waals surface area contributed by atoms with Crippen molar-refractivity contribution in [2.45, 2.75) is 6.92 Å². The van der Waals surface area contributed by atoms with Crippen LogP contribution in [0, 0.1) is 4.77 Å². The summed E-state index contributed by atoms with van der Waals surface area (Å²) in [6.07, 6.45) is 1.87. The van der Waals surface area contributed by atoms with Gasteiger partial charge in [0.25, 0.3) is 0 Å². The van der Waals surface area contributed by atoms with E-state index in [1.807, 2.05) is 61.7 Å². The number of aromatic nitrogens is 3. The minimum atomic E-state index is 0.428. The third-order valence-corrected chi connectivity index (χ3v) is 5.43. The van der Waals surface area contributed by atoms with Crippen molar-refractivity contribution in [3.63, 3.8) is 0 Å². The maximum Gasteiger partial charge on any atom is 0.216 e. The summed E-state index contributed by atoms with van der Waals surface area (Å²) in [7, 11) is 0.